The van der Waals surface area contributed by atoms with E-state index in [1.807, 2.05) is 0 Å². The minimum Gasteiger partial charge on any atom is -0.412 e. The van der Waals surface area contributed by atoms with Gasteiger partial charge in [0.1, 0.15) is 0 Å². The van der Waals surface area contributed by atoms with Crippen molar-refractivity contribution in [2.24, 2.45) is 0 Å². The fraction of sp³-hybridized carbons (Fsp3) is 1.00. The van der Waals surface area contributed by atoms with E-state index in [9.17, 15) is 0 Å². The average Bonchev–Trinajstić information content (AvgIpc) is 2.83. The van der Waals surface area contributed by atoms with E-state index in [4.69, 9.17) is 11.2 Å². The molecule has 35 heavy (non-hydrogen) atoms. The number of unbranched alkanes of at least 4 members (excludes halogenated alkanes) is 20. The van der Waals surface area contributed by atoms with Crippen molar-refractivity contribution in [2.75, 3.05) is 24.6 Å². The second kappa shape index (κ2) is 26.3. The number of halogens is 1. The van der Waals surface area contributed by atoms with Crippen LogP contribution in [0.1, 0.15) is 182 Å². The van der Waals surface area contributed by atoms with Gasteiger partial charge in [0, 0.05) is 0 Å². The summed E-state index contributed by atoms with van der Waals surface area (Å²) >= 11 is 8.09. The Morgan fingerprint density at radius 3 is 0.686 bits per heavy atom. The first-order valence-corrected chi connectivity index (χ1v) is 20.1. The molecule has 0 spiro atoms. The van der Waals surface area contributed by atoms with Crippen molar-refractivity contribution in [3.8, 4) is 0 Å². The zero-order valence-corrected chi connectivity index (χ0v) is 26.8. The molecular formula is C32H70ClOP. The van der Waals surface area contributed by atoms with Crippen LogP contribution in [-0.4, -0.2) is 30.1 Å². The van der Waals surface area contributed by atoms with E-state index in [2.05, 4.69) is 27.7 Å². The number of hydrogen-bond donors (Lipinski definition) is 0. The maximum atomic E-state index is 8.09. The van der Waals surface area contributed by atoms with Crippen LogP contribution in [0.25, 0.3) is 0 Å². The normalized spacial score (nSPS) is 12.9. The molecule has 0 aromatic rings. The van der Waals surface area contributed by atoms with Crippen LogP contribution in [0.4, 0.5) is 0 Å². The predicted octanol–water partition coefficient (Wildman–Crippen LogP) is 12.3. The fourth-order valence-electron chi connectivity index (χ4n) is 5.82. The van der Waals surface area contributed by atoms with Crippen LogP contribution in [0.5, 0.6) is 0 Å². The molecule has 0 fully saturated rings. The van der Waals surface area contributed by atoms with Crippen molar-refractivity contribution in [2.45, 2.75) is 182 Å². The van der Waals surface area contributed by atoms with Gasteiger partial charge in [0.05, 0.1) is 0 Å². The van der Waals surface area contributed by atoms with Crippen molar-refractivity contribution >= 4 is 17.2 Å². The minimum atomic E-state index is -2.09. The van der Waals surface area contributed by atoms with Gasteiger partial charge in [0.25, 0.3) is 0 Å². The van der Waals surface area contributed by atoms with E-state index >= 15 is 0 Å². The van der Waals surface area contributed by atoms with Crippen LogP contribution in [0.3, 0.4) is 0 Å². The Balaban J connectivity index is 0. The fourth-order valence-corrected chi connectivity index (χ4v) is 12.7. The molecule has 0 rings (SSSR count). The summed E-state index contributed by atoms with van der Waals surface area (Å²) in [5.41, 5.74) is 0. The monoisotopic (exact) mass is 536 g/mol. The van der Waals surface area contributed by atoms with Crippen molar-refractivity contribution in [1.29, 1.82) is 0 Å². The Bertz CT molecular complexity index is 339. The molecule has 0 saturated carbocycles. The molecule has 1 nitrogen and oxygen atoms in total. The Hall–Kier alpha value is 0.680. The molecule has 0 aliphatic heterocycles. The van der Waals surface area contributed by atoms with Crippen molar-refractivity contribution in [3.63, 3.8) is 0 Å². The van der Waals surface area contributed by atoms with E-state index < -0.39 is 5.96 Å². The van der Waals surface area contributed by atoms with Gasteiger partial charge in [-0.25, -0.2) is 0 Å². The first-order chi connectivity index (χ1) is 16.5. The summed E-state index contributed by atoms with van der Waals surface area (Å²) < 4.78 is 0. The third-order valence-electron chi connectivity index (χ3n) is 8.28. The standard InChI is InChI=1S/C32H68ClP.H2O/c1-5-9-13-17-21-25-29-34(33,30-26-22-18-14-10-6-2,31-27-23-19-15-11-7-3)32-28-24-20-16-12-8-4;/h5-32H2,1-4H3;1H2. The SMILES string of the molecule is CCCCCCCCP(Cl)(CCCCCCCC)(CCCCCCCC)CCCCCCCC.O. The molecule has 0 aromatic heterocycles. The predicted molar refractivity (Wildman–Crippen MR) is 169 cm³/mol. The molecule has 0 radical (unpaired) electrons. The molecule has 0 aromatic carbocycles. The van der Waals surface area contributed by atoms with Gasteiger partial charge < -0.3 is 5.48 Å². The largest absolute Gasteiger partial charge is 0.412 e. The van der Waals surface area contributed by atoms with E-state index in [1.54, 1.807) is 0 Å². The zero-order chi connectivity index (χ0) is 25.2. The number of hydrogen-bond acceptors (Lipinski definition) is 0. The molecular weight excluding hydrogens is 467 g/mol. The molecule has 0 heterocycles. The Morgan fingerprint density at radius 1 is 0.314 bits per heavy atom. The van der Waals surface area contributed by atoms with Crippen LogP contribution in [0, 0.1) is 0 Å². The van der Waals surface area contributed by atoms with E-state index in [1.165, 1.54) is 179 Å². The second-order valence-corrected chi connectivity index (χ2v) is 20.1. The van der Waals surface area contributed by atoms with Gasteiger partial charge >= 0.3 is 224 Å². The van der Waals surface area contributed by atoms with Gasteiger partial charge in [-0.15, -0.1) is 0 Å². The summed E-state index contributed by atoms with van der Waals surface area (Å²) in [6.07, 6.45) is 39.5. The third kappa shape index (κ3) is 22.4. The number of rotatable bonds is 28. The molecule has 0 saturated heterocycles. The molecule has 0 aliphatic rings. The maximum absolute atomic E-state index is 8.09. The smallest absolute Gasteiger partial charge is 0.412 e. The Morgan fingerprint density at radius 2 is 0.486 bits per heavy atom. The van der Waals surface area contributed by atoms with E-state index in [0.717, 1.165) is 0 Å². The van der Waals surface area contributed by atoms with Crippen LogP contribution < -0.4 is 0 Å². The van der Waals surface area contributed by atoms with Gasteiger partial charge in [0.15, 0.2) is 0 Å². The van der Waals surface area contributed by atoms with Gasteiger partial charge in [0.2, 0.25) is 0 Å². The van der Waals surface area contributed by atoms with Crippen LogP contribution >= 0.6 is 17.2 Å². The van der Waals surface area contributed by atoms with Gasteiger partial charge in [-0.3, -0.25) is 0 Å². The molecule has 0 unspecified atom stereocenters. The summed E-state index contributed by atoms with van der Waals surface area (Å²) in [4.78, 5) is 0. The van der Waals surface area contributed by atoms with E-state index in [-0.39, 0.29) is 5.48 Å². The summed E-state index contributed by atoms with van der Waals surface area (Å²) in [7, 11) is 0. The van der Waals surface area contributed by atoms with Gasteiger partial charge in [-0.1, -0.05) is 0 Å². The van der Waals surface area contributed by atoms with Crippen molar-refractivity contribution in [1.82, 2.24) is 0 Å². The molecule has 0 aliphatic carbocycles. The Labute approximate surface area is 228 Å². The Kier molecular flexibility index (Phi) is 28.4. The van der Waals surface area contributed by atoms with E-state index in [0.29, 0.717) is 0 Å². The molecule has 0 amide bonds. The maximum Gasteiger partial charge on any atom is -0.412 e. The quantitative estimate of drug-likeness (QED) is 0.0702. The van der Waals surface area contributed by atoms with Crippen molar-refractivity contribution in [3.05, 3.63) is 0 Å². The first-order valence-electron chi connectivity index (χ1n) is 16.3. The zero-order valence-electron chi connectivity index (χ0n) is 25.1. The van der Waals surface area contributed by atoms with Crippen molar-refractivity contribution < 1.29 is 5.48 Å². The molecule has 2 N–H and O–H groups in total. The second-order valence-electron chi connectivity index (χ2n) is 11.8. The molecule has 216 valence electrons. The van der Waals surface area contributed by atoms with Crippen LogP contribution in [-0.2, 0) is 0 Å². The topological polar surface area (TPSA) is 31.5 Å². The molecule has 0 atom stereocenters. The van der Waals surface area contributed by atoms with Gasteiger partial charge in [-0.05, 0) is 0 Å². The summed E-state index contributed by atoms with van der Waals surface area (Å²) in [6, 6.07) is 0. The first kappa shape index (κ1) is 37.8. The molecule has 3 heteroatoms. The summed E-state index contributed by atoms with van der Waals surface area (Å²) in [5, 5.41) is 0. The van der Waals surface area contributed by atoms with Crippen LogP contribution in [0.15, 0.2) is 0 Å². The van der Waals surface area contributed by atoms with Gasteiger partial charge in [-0.2, -0.15) is 0 Å². The third-order valence-corrected chi connectivity index (χ3v) is 16.0. The summed E-state index contributed by atoms with van der Waals surface area (Å²) in [5.74, 6) is -2.09. The minimum absolute atomic E-state index is 0. The average molecular weight is 537 g/mol. The van der Waals surface area contributed by atoms with Crippen LogP contribution in [0.2, 0.25) is 0 Å². The molecule has 0 bridgehead atoms. The summed E-state index contributed by atoms with van der Waals surface area (Å²) in [6.45, 7) is 9.30.